The predicted octanol–water partition coefficient (Wildman–Crippen LogP) is 13.2. The molecule has 3 aromatic heterocycles. The molecule has 0 fully saturated rings. The summed E-state index contributed by atoms with van der Waals surface area (Å²) in [5.41, 5.74) is 8.68. The summed E-state index contributed by atoms with van der Waals surface area (Å²) in [5.74, 6) is 1.95. The van der Waals surface area contributed by atoms with Crippen LogP contribution in [0, 0.1) is 0 Å². The minimum Gasteiger partial charge on any atom is -0.309 e. The van der Waals surface area contributed by atoms with Crippen molar-refractivity contribution in [3.63, 3.8) is 0 Å². The van der Waals surface area contributed by atoms with E-state index in [4.69, 9.17) is 15.0 Å². The van der Waals surface area contributed by atoms with Crippen LogP contribution in [0.5, 0.6) is 0 Å². The third kappa shape index (κ3) is 4.94. The minimum atomic E-state index is 0.644. The van der Waals surface area contributed by atoms with E-state index in [1.807, 2.05) is 72.0 Å². The Hall–Kier alpha value is -6.95. The highest BCUT2D eigenvalue weighted by Gasteiger charge is 2.20. The van der Waals surface area contributed by atoms with Crippen LogP contribution in [0.3, 0.4) is 0 Å². The van der Waals surface area contributed by atoms with Gasteiger partial charge in [-0.05, 0) is 47.5 Å². The minimum absolute atomic E-state index is 0.644. The Morgan fingerprint density at radius 1 is 0.352 bits per heavy atom. The second-order valence-corrected chi connectivity index (χ2v) is 14.7. The Bertz CT molecular complexity index is 3130. The van der Waals surface area contributed by atoms with Crippen LogP contribution in [0.4, 0.5) is 0 Å². The zero-order valence-corrected chi connectivity index (χ0v) is 29.8. The van der Waals surface area contributed by atoms with Gasteiger partial charge in [-0.2, -0.15) is 0 Å². The Morgan fingerprint density at radius 2 is 0.833 bits per heavy atom. The van der Waals surface area contributed by atoms with Gasteiger partial charge < -0.3 is 4.57 Å². The molecule has 11 aromatic rings. The van der Waals surface area contributed by atoms with Gasteiger partial charge in [0, 0.05) is 64.1 Å². The average Bonchev–Trinajstić information content (AvgIpc) is 3.80. The Balaban J connectivity index is 1.17. The van der Waals surface area contributed by atoms with Crippen LogP contribution in [0.25, 0.3) is 104 Å². The van der Waals surface area contributed by atoms with E-state index in [0.29, 0.717) is 17.5 Å². The van der Waals surface area contributed by atoms with E-state index in [1.54, 1.807) is 0 Å². The number of fused-ring (bicyclic) bond motifs is 9. The van der Waals surface area contributed by atoms with Gasteiger partial charge in [0.25, 0.3) is 0 Å². The number of rotatable bonds is 5. The van der Waals surface area contributed by atoms with Crippen LogP contribution < -0.4 is 0 Å². The molecule has 5 heteroatoms. The van der Waals surface area contributed by atoms with Crippen molar-refractivity contribution in [3.05, 3.63) is 182 Å². The first-order chi connectivity index (χ1) is 26.8. The lowest BCUT2D eigenvalue weighted by Gasteiger charge is -2.12. The molecule has 0 aliphatic carbocycles. The zero-order chi connectivity index (χ0) is 35.6. The summed E-state index contributed by atoms with van der Waals surface area (Å²) in [6.07, 6.45) is 0. The van der Waals surface area contributed by atoms with Gasteiger partial charge in [-0.3, -0.25) is 0 Å². The van der Waals surface area contributed by atoms with Gasteiger partial charge in [0.1, 0.15) is 0 Å². The lowest BCUT2D eigenvalue weighted by Crippen LogP contribution is -2.00. The fraction of sp³-hybridized carbons (Fsp3) is 0. The second-order valence-electron chi connectivity index (χ2n) is 13.6. The van der Waals surface area contributed by atoms with Crippen molar-refractivity contribution in [3.8, 4) is 51.0 Å². The number of benzene rings is 8. The van der Waals surface area contributed by atoms with Crippen LogP contribution in [-0.4, -0.2) is 19.5 Å². The van der Waals surface area contributed by atoms with Crippen molar-refractivity contribution >= 4 is 64.1 Å². The van der Waals surface area contributed by atoms with Crippen molar-refractivity contribution in [2.24, 2.45) is 0 Å². The van der Waals surface area contributed by atoms with E-state index in [-0.39, 0.29) is 0 Å². The molecule has 0 saturated carbocycles. The molecule has 4 nitrogen and oxygen atoms in total. The monoisotopic (exact) mass is 706 g/mol. The number of hydrogen-bond donors (Lipinski definition) is 0. The van der Waals surface area contributed by atoms with Gasteiger partial charge in [0.15, 0.2) is 17.5 Å². The molecule has 8 aromatic carbocycles. The quantitative estimate of drug-likeness (QED) is 0.179. The lowest BCUT2D eigenvalue weighted by atomic mass is 10.0. The third-order valence-corrected chi connectivity index (χ3v) is 11.7. The number of hydrogen-bond acceptors (Lipinski definition) is 4. The van der Waals surface area contributed by atoms with Crippen molar-refractivity contribution in [2.45, 2.75) is 0 Å². The van der Waals surface area contributed by atoms with Gasteiger partial charge in [-0.1, -0.05) is 146 Å². The summed E-state index contributed by atoms with van der Waals surface area (Å²) in [4.78, 5) is 15.1. The lowest BCUT2D eigenvalue weighted by molar-refractivity contribution is 1.07. The molecule has 0 radical (unpaired) electrons. The normalized spacial score (nSPS) is 11.7. The summed E-state index contributed by atoms with van der Waals surface area (Å²) in [5, 5.41) is 7.45. The molecule has 0 saturated heterocycles. The fourth-order valence-electron chi connectivity index (χ4n) is 7.88. The van der Waals surface area contributed by atoms with E-state index in [2.05, 4.69) is 126 Å². The summed E-state index contributed by atoms with van der Waals surface area (Å²) >= 11 is 1.87. The van der Waals surface area contributed by atoms with E-state index in [1.165, 1.54) is 53.0 Å². The predicted molar refractivity (Wildman–Crippen MR) is 226 cm³/mol. The van der Waals surface area contributed by atoms with Crippen LogP contribution in [0.2, 0.25) is 0 Å². The van der Waals surface area contributed by atoms with Crippen LogP contribution in [-0.2, 0) is 0 Å². The van der Waals surface area contributed by atoms with Crippen LogP contribution in [0.1, 0.15) is 0 Å². The number of thiophene rings is 1. The van der Waals surface area contributed by atoms with E-state index in [0.717, 1.165) is 33.3 Å². The summed E-state index contributed by atoms with van der Waals surface area (Å²) in [6.45, 7) is 0. The third-order valence-electron chi connectivity index (χ3n) is 10.5. The van der Waals surface area contributed by atoms with Crippen molar-refractivity contribution in [1.29, 1.82) is 0 Å². The smallest absolute Gasteiger partial charge is 0.164 e. The molecule has 0 spiro atoms. The Labute approximate surface area is 315 Å². The molecule has 0 atom stereocenters. The van der Waals surface area contributed by atoms with Gasteiger partial charge in [-0.25, -0.2) is 15.0 Å². The first-order valence-corrected chi connectivity index (χ1v) is 18.9. The molecule has 0 bridgehead atoms. The maximum Gasteiger partial charge on any atom is 0.164 e. The molecular formula is C49H30N4S. The fourth-order valence-corrected chi connectivity index (χ4v) is 9.11. The first-order valence-electron chi connectivity index (χ1n) is 18.1. The molecular weight excluding hydrogens is 677 g/mol. The standard InChI is InChI=1S/C49H30N4S/c1-4-12-31(13-5-1)32-20-23-36(24-21-32)53-43-29-22-35(49-51-47(33-14-6-2-7-15-33)50-48(52-49)34-16-8-3-9-17-34)30-42(43)39-26-28-41-38(45(39)53)25-27-40-37-18-10-11-19-44(37)54-46(40)41/h1-30H. The zero-order valence-electron chi connectivity index (χ0n) is 29.0. The van der Waals surface area contributed by atoms with Gasteiger partial charge in [0.05, 0.1) is 11.0 Å². The van der Waals surface area contributed by atoms with Crippen LogP contribution >= 0.6 is 11.3 Å². The van der Waals surface area contributed by atoms with Gasteiger partial charge >= 0.3 is 0 Å². The summed E-state index contributed by atoms with van der Waals surface area (Å²) in [7, 11) is 0. The van der Waals surface area contributed by atoms with Gasteiger partial charge in [-0.15, -0.1) is 11.3 Å². The maximum absolute atomic E-state index is 5.07. The van der Waals surface area contributed by atoms with Crippen molar-refractivity contribution in [2.75, 3.05) is 0 Å². The number of nitrogens with zero attached hydrogens (tertiary/aromatic N) is 4. The largest absolute Gasteiger partial charge is 0.309 e. The Morgan fingerprint density at radius 3 is 1.48 bits per heavy atom. The van der Waals surface area contributed by atoms with E-state index in [9.17, 15) is 0 Å². The molecule has 0 aliphatic heterocycles. The average molecular weight is 707 g/mol. The molecule has 0 aliphatic rings. The number of aromatic nitrogens is 4. The summed E-state index contributed by atoms with van der Waals surface area (Å²) < 4.78 is 5.06. The highest BCUT2D eigenvalue weighted by atomic mass is 32.1. The molecule has 252 valence electrons. The summed E-state index contributed by atoms with van der Waals surface area (Å²) in [6, 6.07) is 64.4. The second kappa shape index (κ2) is 12.3. The highest BCUT2D eigenvalue weighted by molar-refractivity contribution is 7.26. The first kappa shape index (κ1) is 30.7. The van der Waals surface area contributed by atoms with Crippen LogP contribution in [0.15, 0.2) is 182 Å². The molecule has 3 heterocycles. The van der Waals surface area contributed by atoms with Crippen molar-refractivity contribution in [1.82, 2.24) is 19.5 Å². The topological polar surface area (TPSA) is 43.6 Å². The molecule has 0 unspecified atom stereocenters. The van der Waals surface area contributed by atoms with E-state index >= 15 is 0 Å². The SMILES string of the molecule is c1ccc(-c2ccc(-n3c4ccc(-c5nc(-c6ccccc6)nc(-c6ccccc6)n5)cc4c4ccc5c(ccc6c7ccccc7sc65)c43)cc2)cc1. The maximum atomic E-state index is 5.07. The van der Waals surface area contributed by atoms with Crippen molar-refractivity contribution < 1.29 is 0 Å². The molecule has 0 N–H and O–H groups in total. The van der Waals surface area contributed by atoms with E-state index < -0.39 is 0 Å². The highest BCUT2D eigenvalue weighted by Crippen LogP contribution is 2.44. The Kier molecular flexibility index (Phi) is 7.00. The molecule has 0 amide bonds. The van der Waals surface area contributed by atoms with Gasteiger partial charge in [0.2, 0.25) is 0 Å². The molecule has 54 heavy (non-hydrogen) atoms. The molecule has 11 rings (SSSR count).